The van der Waals surface area contributed by atoms with Crippen molar-refractivity contribution in [2.45, 2.75) is 12.5 Å². The highest BCUT2D eigenvalue weighted by Gasteiger charge is 2.02. The average Bonchev–Trinajstić information content (AvgIpc) is 2.09. The minimum absolute atomic E-state index is 0.180. The van der Waals surface area contributed by atoms with E-state index in [9.17, 15) is 4.79 Å². The van der Waals surface area contributed by atoms with Crippen molar-refractivity contribution >= 4 is 6.29 Å². The summed E-state index contributed by atoms with van der Waals surface area (Å²) >= 11 is 0. The van der Waals surface area contributed by atoms with Crippen LogP contribution >= 0.6 is 0 Å². The maximum absolute atomic E-state index is 10.1. The fourth-order valence-electron chi connectivity index (χ4n) is 0.922. The first-order valence-electron chi connectivity index (χ1n) is 3.63. The monoisotopic (exact) mass is 166 g/mol. The highest BCUT2D eigenvalue weighted by molar-refractivity contribution is 5.56. The zero-order valence-corrected chi connectivity index (χ0v) is 6.47. The van der Waals surface area contributed by atoms with E-state index in [-0.39, 0.29) is 5.75 Å². The van der Waals surface area contributed by atoms with E-state index in [2.05, 4.69) is 0 Å². The van der Waals surface area contributed by atoms with Crippen LogP contribution in [0.4, 0.5) is 0 Å². The molecule has 0 radical (unpaired) electrons. The second kappa shape index (κ2) is 3.88. The number of carbonyl (C=O) groups is 1. The van der Waals surface area contributed by atoms with Gasteiger partial charge in [0.15, 0.2) is 0 Å². The molecule has 0 saturated carbocycles. The summed E-state index contributed by atoms with van der Waals surface area (Å²) in [5.41, 5.74) is 0.826. The van der Waals surface area contributed by atoms with Crippen molar-refractivity contribution in [3.8, 4) is 5.75 Å². The van der Waals surface area contributed by atoms with E-state index in [0.717, 1.165) is 5.56 Å². The number of benzene rings is 1. The number of rotatable bonds is 3. The first-order valence-corrected chi connectivity index (χ1v) is 3.63. The van der Waals surface area contributed by atoms with E-state index in [1.54, 1.807) is 12.1 Å². The van der Waals surface area contributed by atoms with E-state index in [4.69, 9.17) is 10.2 Å². The molecule has 0 heterocycles. The average molecular weight is 166 g/mol. The molecule has 0 spiro atoms. The lowest BCUT2D eigenvalue weighted by molar-refractivity contribution is -0.114. The van der Waals surface area contributed by atoms with E-state index in [1.165, 1.54) is 12.1 Å². The molecule has 3 nitrogen and oxygen atoms in total. The van der Waals surface area contributed by atoms with Crippen LogP contribution in [0.2, 0.25) is 0 Å². The molecule has 0 aliphatic heterocycles. The van der Waals surface area contributed by atoms with E-state index < -0.39 is 6.10 Å². The third-order valence-electron chi connectivity index (χ3n) is 1.54. The third kappa shape index (κ3) is 2.36. The van der Waals surface area contributed by atoms with Gasteiger partial charge in [0, 0.05) is 6.42 Å². The molecule has 3 heteroatoms. The molecule has 0 aliphatic rings. The van der Waals surface area contributed by atoms with E-state index in [0.29, 0.717) is 12.7 Å². The van der Waals surface area contributed by atoms with Gasteiger partial charge in [-0.25, -0.2) is 0 Å². The Morgan fingerprint density at radius 3 is 2.42 bits per heavy atom. The Kier molecular flexibility index (Phi) is 2.82. The summed E-state index contributed by atoms with van der Waals surface area (Å²) in [5, 5.41) is 17.9. The highest BCUT2D eigenvalue weighted by Crippen LogP contribution is 2.10. The van der Waals surface area contributed by atoms with Gasteiger partial charge >= 0.3 is 0 Å². The maximum atomic E-state index is 10.1. The fraction of sp³-hybridized carbons (Fsp3) is 0.222. The minimum atomic E-state index is -0.949. The second-order valence-corrected chi connectivity index (χ2v) is 2.57. The van der Waals surface area contributed by atoms with Gasteiger partial charge in [-0.15, -0.1) is 0 Å². The van der Waals surface area contributed by atoms with Crippen LogP contribution in [-0.2, 0) is 11.2 Å². The molecule has 64 valence electrons. The van der Waals surface area contributed by atoms with Crippen LogP contribution in [0.25, 0.3) is 0 Å². The number of phenols is 1. The van der Waals surface area contributed by atoms with Crippen LogP contribution < -0.4 is 0 Å². The number of aldehydes is 1. The summed E-state index contributed by atoms with van der Waals surface area (Å²) in [5.74, 6) is 0.180. The molecule has 0 aliphatic carbocycles. The number of aliphatic hydroxyl groups excluding tert-OH is 1. The normalized spacial score (nSPS) is 12.4. The fourth-order valence-corrected chi connectivity index (χ4v) is 0.922. The summed E-state index contributed by atoms with van der Waals surface area (Å²) in [6.45, 7) is 0. The number of hydrogen-bond donors (Lipinski definition) is 2. The Morgan fingerprint density at radius 1 is 1.33 bits per heavy atom. The lowest BCUT2D eigenvalue weighted by Crippen LogP contribution is -2.11. The van der Waals surface area contributed by atoms with Gasteiger partial charge in [-0.05, 0) is 17.7 Å². The summed E-state index contributed by atoms with van der Waals surface area (Å²) in [4.78, 5) is 10.1. The minimum Gasteiger partial charge on any atom is -0.508 e. The van der Waals surface area contributed by atoms with Crippen LogP contribution in [0, 0.1) is 0 Å². The molecule has 1 atom stereocenters. The largest absolute Gasteiger partial charge is 0.508 e. The molecule has 2 N–H and O–H groups in total. The van der Waals surface area contributed by atoms with Crippen LogP contribution in [0.5, 0.6) is 5.75 Å². The van der Waals surface area contributed by atoms with Crippen molar-refractivity contribution in [3.63, 3.8) is 0 Å². The third-order valence-corrected chi connectivity index (χ3v) is 1.54. The number of hydrogen-bond acceptors (Lipinski definition) is 3. The Bertz CT molecular complexity index is 253. The van der Waals surface area contributed by atoms with Crippen molar-refractivity contribution < 1.29 is 15.0 Å². The number of carbonyl (C=O) groups excluding carboxylic acids is 1. The van der Waals surface area contributed by atoms with Crippen molar-refractivity contribution in [2.24, 2.45) is 0 Å². The van der Waals surface area contributed by atoms with Crippen molar-refractivity contribution in [3.05, 3.63) is 29.8 Å². The summed E-state index contributed by atoms with van der Waals surface area (Å²) in [6.07, 6.45) is -0.161. The molecule has 12 heavy (non-hydrogen) atoms. The van der Waals surface area contributed by atoms with Gasteiger partial charge in [0.2, 0.25) is 0 Å². The smallest absolute Gasteiger partial charge is 0.148 e. The SMILES string of the molecule is O=CC(O)Cc1ccc(O)cc1. The molecule has 0 saturated heterocycles. The van der Waals surface area contributed by atoms with Gasteiger partial charge in [0.05, 0.1) is 0 Å². The molecule has 1 aromatic carbocycles. The van der Waals surface area contributed by atoms with Gasteiger partial charge in [-0.1, -0.05) is 12.1 Å². The number of aromatic hydroxyl groups is 1. The predicted octanol–water partition coefficient (Wildman–Crippen LogP) is 0.494. The quantitative estimate of drug-likeness (QED) is 0.642. The molecule has 1 aromatic rings. The highest BCUT2D eigenvalue weighted by atomic mass is 16.3. The maximum Gasteiger partial charge on any atom is 0.148 e. The second-order valence-electron chi connectivity index (χ2n) is 2.57. The predicted molar refractivity (Wildman–Crippen MR) is 43.9 cm³/mol. The number of phenolic OH excluding ortho intramolecular Hbond substituents is 1. The number of aliphatic hydroxyl groups is 1. The van der Waals surface area contributed by atoms with E-state index >= 15 is 0 Å². The van der Waals surface area contributed by atoms with Gasteiger partial charge in [0.1, 0.15) is 18.1 Å². The summed E-state index contributed by atoms with van der Waals surface area (Å²) in [6, 6.07) is 6.38. The molecule has 1 rings (SSSR count). The zero-order valence-electron chi connectivity index (χ0n) is 6.47. The van der Waals surface area contributed by atoms with Crippen LogP contribution in [0.1, 0.15) is 5.56 Å². The Labute approximate surface area is 70.3 Å². The van der Waals surface area contributed by atoms with Crippen LogP contribution in [-0.4, -0.2) is 22.6 Å². The topological polar surface area (TPSA) is 57.5 Å². The Balaban J connectivity index is 2.64. The lowest BCUT2D eigenvalue weighted by atomic mass is 10.1. The van der Waals surface area contributed by atoms with Gasteiger partial charge in [0.25, 0.3) is 0 Å². The van der Waals surface area contributed by atoms with Crippen molar-refractivity contribution in [1.82, 2.24) is 0 Å². The Morgan fingerprint density at radius 2 is 1.92 bits per heavy atom. The molecule has 0 fully saturated rings. The molecular formula is C9H10O3. The zero-order chi connectivity index (χ0) is 8.97. The van der Waals surface area contributed by atoms with Crippen LogP contribution in [0.15, 0.2) is 24.3 Å². The van der Waals surface area contributed by atoms with Gasteiger partial charge in [-0.3, -0.25) is 0 Å². The molecule has 0 aromatic heterocycles. The standard InChI is InChI=1S/C9H10O3/c10-6-9(12)5-7-1-3-8(11)4-2-7/h1-4,6,9,11-12H,5H2. The summed E-state index contributed by atoms with van der Waals surface area (Å²) in [7, 11) is 0. The van der Waals surface area contributed by atoms with Crippen LogP contribution in [0.3, 0.4) is 0 Å². The molecule has 0 bridgehead atoms. The summed E-state index contributed by atoms with van der Waals surface area (Å²) < 4.78 is 0. The van der Waals surface area contributed by atoms with Crippen molar-refractivity contribution in [1.29, 1.82) is 0 Å². The lowest BCUT2D eigenvalue weighted by Gasteiger charge is -2.02. The molecular weight excluding hydrogens is 156 g/mol. The van der Waals surface area contributed by atoms with Gasteiger partial charge in [-0.2, -0.15) is 0 Å². The van der Waals surface area contributed by atoms with Gasteiger partial charge < -0.3 is 15.0 Å². The molecule has 0 amide bonds. The van der Waals surface area contributed by atoms with Crippen molar-refractivity contribution in [2.75, 3.05) is 0 Å². The first kappa shape index (κ1) is 8.74. The Hall–Kier alpha value is -1.35. The molecule has 1 unspecified atom stereocenters. The first-order chi connectivity index (χ1) is 5.72. The van der Waals surface area contributed by atoms with E-state index in [1.807, 2.05) is 0 Å².